The van der Waals surface area contributed by atoms with Crippen LogP contribution in [-0.4, -0.2) is 59.3 Å². The largest absolute Gasteiger partial charge is 0.481 e. The number of nitrogens with zero attached hydrogens (tertiary/aromatic N) is 1. The molecule has 0 radical (unpaired) electrons. The molecular weight excluding hydrogens is 200 g/mol. The molecule has 0 spiro atoms. The molecule has 1 saturated heterocycles. The maximum atomic E-state index is 11.0. The average molecular weight is 216 g/mol. The number of hydrogen-bond acceptors (Lipinski definition) is 4. The van der Waals surface area contributed by atoms with Gasteiger partial charge >= 0.3 is 11.9 Å². The van der Waals surface area contributed by atoms with Crippen molar-refractivity contribution in [2.24, 2.45) is 0 Å². The van der Waals surface area contributed by atoms with Crippen molar-refractivity contribution in [3.63, 3.8) is 0 Å². The van der Waals surface area contributed by atoms with Crippen LogP contribution in [0.5, 0.6) is 0 Å². The zero-order chi connectivity index (χ0) is 11.3. The summed E-state index contributed by atoms with van der Waals surface area (Å²) in [7, 11) is 0. The molecule has 0 aromatic heterocycles. The lowest BCUT2D eigenvalue weighted by Crippen LogP contribution is -2.51. The van der Waals surface area contributed by atoms with Gasteiger partial charge in [-0.3, -0.25) is 14.5 Å². The minimum absolute atomic E-state index is 0.0963. The van der Waals surface area contributed by atoms with Crippen molar-refractivity contribution in [1.29, 1.82) is 0 Å². The second kappa shape index (κ2) is 5.67. The topological polar surface area (TPSA) is 89.9 Å². The van der Waals surface area contributed by atoms with Crippen molar-refractivity contribution in [3.8, 4) is 0 Å². The normalized spacial score (nSPS) is 19.7. The Morgan fingerprint density at radius 2 is 1.87 bits per heavy atom. The lowest BCUT2D eigenvalue weighted by Gasteiger charge is -2.32. The zero-order valence-corrected chi connectivity index (χ0v) is 8.48. The summed E-state index contributed by atoms with van der Waals surface area (Å²) in [5.74, 6) is -1.88. The summed E-state index contributed by atoms with van der Waals surface area (Å²) in [6.07, 6.45) is 0.0750. The molecule has 1 unspecified atom stereocenters. The van der Waals surface area contributed by atoms with Gasteiger partial charge in [-0.25, -0.2) is 0 Å². The van der Waals surface area contributed by atoms with Crippen molar-refractivity contribution in [2.45, 2.75) is 18.9 Å². The van der Waals surface area contributed by atoms with Gasteiger partial charge in [-0.15, -0.1) is 0 Å². The van der Waals surface area contributed by atoms with E-state index < -0.39 is 18.0 Å². The fourth-order valence-corrected chi connectivity index (χ4v) is 1.72. The molecule has 1 fully saturated rings. The number of piperazine rings is 1. The van der Waals surface area contributed by atoms with Crippen LogP contribution in [0.3, 0.4) is 0 Å². The van der Waals surface area contributed by atoms with E-state index in [1.807, 2.05) is 4.90 Å². The Morgan fingerprint density at radius 3 is 2.33 bits per heavy atom. The maximum absolute atomic E-state index is 11.0. The van der Waals surface area contributed by atoms with Gasteiger partial charge in [-0.2, -0.15) is 0 Å². The van der Waals surface area contributed by atoms with E-state index >= 15 is 0 Å². The molecule has 0 amide bonds. The van der Waals surface area contributed by atoms with Gasteiger partial charge in [-0.1, -0.05) is 0 Å². The highest BCUT2D eigenvalue weighted by Gasteiger charge is 2.26. The average Bonchev–Trinajstić information content (AvgIpc) is 2.18. The van der Waals surface area contributed by atoms with Crippen molar-refractivity contribution in [1.82, 2.24) is 10.2 Å². The number of hydrogen-bond donors (Lipinski definition) is 3. The Bertz CT molecular complexity index is 238. The van der Waals surface area contributed by atoms with Crippen molar-refractivity contribution < 1.29 is 19.8 Å². The highest BCUT2D eigenvalue weighted by atomic mass is 16.4. The molecule has 0 bridgehead atoms. The molecule has 1 rings (SSSR count). The number of carboxylic acid groups (broad SMARTS) is 2. The minimum Gasteiger partial charge on any atom is -0.481 e. The summed E-state index contributed by atoms with van der Waals surface area (Å²) in [5.41, 5.74) is 0. The molecule has 1 aliphatic heterocycles. The third kappa shape index (κ3) is 3.85. The van der Waals surface area contributed by atoms with Crippen LogP contribution in [-0.2, 0) is 9.59 Å². The smallest absolute Gasteiger partial charge is 0.320 e. The summed E-state index contributed by atoms with van der Waals surface area (Å²) < 4.78 is 0. The standard InChI is InChI=1S/C9H16N2O4/c12-8(13)2-1-7(9(14)15)11-5-3-10-4-6-11/h7,10H,1-6H2,(H,12,13)(H,14,15). The van der Waals surface area contributed by atoms with E-state index in [1.54, 1.807) is 0 Å². The van der Waals surface area contributed by atoms with Gasteiger partial charge < -0.3 is 15.5 Å². The van der Waals surface area contributed by atoms with Gasteiger partial charge in [0, 0.05) is 32.6 Å². The summed E-state index contributed by atoms with van der Waals surface area (Å²) in [6.45, 7) is 2.85. The first-order chi connectivity index (χ1) is 7.11. The Morgan fingerprint density at radius 1 is 1.27 bits per heavy atom. The van der Waals surface area contributed by atoms with Crippen molar-refractivity contribution in [3.05, 3.63) is 0 Å². The lowest BCUT2D eigenvalue weighted by atomic mass is 10.1. The Balaban J connectivity index is 2.48. The quantitative estimate of drug-likeness (QED) is 0.558. The Labute approximate surface area is 87.9 Å². The number of carbonyl (C=O) groups is 2. The molecule has 0 saturated carbocycles. The first kappa shape index (κ1) is 11.9. The predicted octanol–water partition coefficient (Wildman–Crippen LogP) is -0.790. The SMILES string of the molecule is O=C(O)CCC(C(=O)O)N1CCNCC1. The first-order valence-corrected chi connectivity index (χ1v) is 5.00. The Kier molecular flexibility index (Phi) is 4.51. The van der Waals surface area contributed by atoms with Gasteiger partial charge in [0.1, 0.15) is 6.04 Å². The van der Waals surface area contributed by atoms with Crippen molar-refractivity contribution >= 4 is 11.9 Å². The summed E-state index contributed by atoms with van der Waals surface area (Å²) in [5, 5.41) is 20.6. The molecule has 1 heterocycles. The van der Waals surface area contributed by atoms with Gasteiger partial charge in [-0.05, 0) is 6.42 Å². The fourth-order valence-electron chi connectivity index (χ4n) is 1.72. The molecular formula is C9H16N2O4. The Hall–Kier alpha value is -1.14. The second-order valence-corrected chi connectivity index (χ2v) is 3.57. The maximum Gasteiger partial charge on any atom is 0.320 e. The zero-order valence-electron chi connectivity index (χ0n) is 8.48. The molecule has 6 nitrogen and oxygen atoms in total. The van der Waals surface area contributed by atoms with E-state index in [2.05, 4.69) is 5.32 Å². The molecule has 0 aromatic rings. The van der Waals surface area contributed by atoms with E-state index in [0.717, 1.165) is 13.1 Å². The number of rotatable bonds is 5. The predicted molar refractivity (Wildman–Crippen MR) is 52.7 cm³/mol. The number of nitrogens with one attached hydrogen (secondary N) is 1. The summed E-state index contributed by atoms with van der Waals surface area (Å²) in [4.78, 5) is 23.2. The highest BCUT2D eigenvalue weighted by Crippen LogP contribution is 2.08. The summed E-state index contributed by atoms with van der Waals surface area (Å²) >= 11 is 0. The molecule has 15 heavy (non-hydrogen) atoms. The van der Waals surface area contributed by atoms with Crippen LogP contribution in [0.2, 0.25) is 0 Å². The molecule has 0 aliphatic carbocycles. The minimum atomic E-state index is -0.948. The van der Waals surface area contributed by atoms with Gasteiger partial charge in [0.15, 0.2) is 0 Å². The molecule has 86 valence electrons. The van der Waals surface area contributed by atoms with Gasteiger partial charge in [0.25, 0.3) is 0 Å². The molecule has 1 atom stereocenters. The lowest BCUT2D eigenvalue weighted by molar-refractivity contribution is -0.144. The van der Waals surface area contributed by atoms with E-state index in [-0.39, 0.29) is 12.8 Å². The molecule has 0 aromatic carbocycles. The van der Waals surface area contributed by atoms with E-state index in [1.165, 1.54) is 0 Å². The number of carboxylic acids is 2. The third-order valence-electron chi connectivity index (χ3n) is 2.51. The van der Waals surface area contributed by atoms with Crippen LogP contribution < -0.4 is 5.32 Å². The van der Waals surface area contributed by atoms with Gasteiger partial charge in [0.2, 0.25) is 0 Å². The van der Waals surface area contributed by atoms with Crippen LogP contribution in [0.4, 0.5) is 0 Å². The molecule has 3 N–H and O–H groups in total. The second-order valence-electron chi connectivity index (χ2n) is 3.57. The van der Waals surface area contributed by atoms with Crippen LogP contribution in [0.1, 0.15) is 12.8 Å². The van der Waals surface area contributed by atoms with Crippen LogP contribution in [0, 0.1) is 0 Å². The fraction of sp³-hybridized carbons (Fsp3) is 0.778. The van der Waals surface area contributed by atoms with E-state index in [0.29, 0.717) is 13.1 Å². The first-order valence-electron chi connectivity index (χ1n) is 5.00. The van der Waals surface area contributed by atoms with Gasteiger partial charge in [0.05, 0.1) is 0 Å². The monoisotopic (exact) mass is 216 g/mol. The number of aliphatic carboxylic acids is 2. The molecule has 6 heteroatoms. The van der Waals surface area contributed by atoms with E-state index in [4.69, 9.17) is 10.2 Å². The third-order valence-corrected chi connectivity index (χ3v) is 2.51. The highest BCUT2D eigenvalue weighted by molar-refractivity contribution is 5.75. The van der Waals surface area contributed by atoms with Crippen LogP contribution >= 0.6 is 0 Å². The molecule has 1 aliphatic rings. The van der Waals surface area contributed by atoms with Crippen LogP contribution in [0.25, 0.3) is 0 Å². The van der Waals surface area contributed by atoms with Crippen LogP contribution in [0.15, 0.2) is 0 Å². The van der Waals surface area contributed by atoms with Crippen molar-refractivity contribution in [2.75, 3.05) is 26.2 Å². The van der Waals surface area contributed by atoms with E-state index in [9.17, 15) is 9.59 Å². The summed E-state index contributed by atoms with van der Waals surface area (Å²) in [6, 6.07) is -0.664.